The molecule has 12 nitrogen and oxygen atoms in total. The van der Waals surface area contributed by atoms with Gasteiger partial charge in [0, 0.05) is 23.4 Å². The Hall–Kier alpha value is -5.07. The minimum atomic E-state index is -1.48. The Morgan fingerprint density at radius 2 is 1.92 bits per heavy atom. The number of aliphatic hydroxyl groups excluding tert-OH is 1. The standard InChI is InChI=1S/C37H43N7O5/c1-35(2,3)25-19-24(32(47)38-16-18-45)20-26(21-25)39-34(48)40-37(23-46)15-13-30(28-9-6-7-10-29(28)37)49-27-11-12-31-41-42-33(44(31)22-27)36(4)14-8-17-43(36)5/h6-7,9-13,15,19-23,30,45H,8,14,16-18H2,1-5H3,(H,38,47)(H2,39,40,48)/t30-,36+,37-/m1/s1. The minimum absolute atomic E-state index is 0.105. The van der Waals surface area contributed by atoms with Crippen molar-refractivity contribution in [2.45, 2.75) is 63.1 Å². The van der Waals surface area contributed by atoms with Crippen LogP contribution in [-0.2, 0) is 21.3 Å². The lowest BCUT2D eigenvalue weighted by Crippen LogP contribution is -2.49. The van der Waals surface area contributed by atoms with Crippen LogP contribution in [0.15, 0.2) is 72.9 Å². The summed E-state index contributed by atoms with van der Waals surface area (Å²) in [6.07, 6.45) is 7.53. The summed E-state index contributed by atoms with van der Waals surface area (Å²) in [6.45, 7) is 9.09. The molecule has 0 bridgehead atoms. The van der Waals surface area contributed by atoms with Gasteiger partial charge in [-0.05, 0) is 92.4 Å². The molecular weight excluding hydrogens is 622 g/mol. The van der Waals surface area contributed by atoms with Crippen LogP contribution >= 0.6 is 0 Å². The molecule has 1 fully saturated rings. The molecule has 1 saturated heterocycles. The van der Waals surface area contributed by atoms with Gasteiger partial charge in [0.05, 0.1) is 18.3 Å². The summed E-state index contributed by atoms with van der Waals surface area (Å²) >= 11 is 0. The van der Waals surface area contributed by atoms with Gasteiger partial charge >= 0.3 is 6.03 Å². The van der Waals surface area contributed by atoms with Crippen LogP contribution in [0.3, 0.4) is 0 Å². The van der Waals surface area contributed by atoms with Gasteiger partial charge in [-0.2, -0.15) is 0 Å². The molecule has 1 aliphatic carbocycles. The molecule has 0 radical (unpaired) electrons. The molecule has 4 N–H and O–H groups in total. The lowest BCUT2D eigenvalue weighted by atomic mass is 9.81. The number of nitrogens with zero attached hydrogens (tertiary/aromatic N) is 4. The van der Waals surface area contributed by atoms with Crippen molar-refractivity contribution < 1.29 is 24.2 Å². The van der Waals surface area contributed by atoms with Crippen molar-refractivity contribution in [1.29, 1.82) is 0 Å². The normalized spacial score (nSPS) is 22.0. The first kappa shape index (κ1) is 33.8. The van der Waals surface area contributed by atoms with Gasteiger partial charge in [-0.1, -0.05) is 45.0 Å². The second-order valence-electron chi connectivity index (χ2n) is 14.0. The number of ether oxygens (including phenoxy) is 1. The Bertz CT molecular complexity index is 1930. The van der Waals surface area contributed by atoms with Crippen LogP contribution in [0, 0.1) is 0 Å². The van der Waals surface area contributed by atoms with E-state index in [2.05, 4.69) is 45.0 Å². The predicted molar refractivity (Wildman–Crippen MR) is 186 cm³/mol. The van der Waals surface area contributed by atoms with Gasteiger partial charge in [-0.3, -0.25) is 18.9 Å². The number of likely N-dealkylation sites (tertiary alicyclic amines) is 1. The fourth-order valence-corrected chi connectivity index (χ4v) is 6.62. The van der Waals surface area contributed by atoms with Gasteiger partial charge in [0.2, 0.25) is 0 Å². The van der Waals surface area contributed by atoms with Gasteiger partial charge < -0.3 is 25.8 Å². The molecule has 0 spiro atoms. The van der Waals surface area contributed by atoms with Crippen molar-refractivity contribution in [2.75, 3.05) is 32.1 Å². The molecule has 3 amide bonds. The minimum Gasteiger partial charge on any atom is -0.480 e. The second-order valence-corrected chi connectivity index (χ2v) is 14.0. The molecule has 6 rings (SSSR count). The fourth-order valence-electron chi connectivity index (χ4n) is 6.62. The summed E-state index contributed by atoms with van der Waals surface area (Å²) in [5.41, 5.74) is 1.53. The molecule has 3 heterocycles. The van der Waals surface area contributed by atoms with E-state index in [1.165, 1.54) is 0 Å². The third kappa shape index (κ3) is 6.53. The maximum atomic E-state index is 13.5. The van der Waals surface area contributed by atoms with Crippen molar-refractivity contribution >= 4 is 29.6 Å². The number of aromatic nitrogens is 3. The summed E-state index contributed by atoms with van der Waals surface area (Å²) < 4.78 is 8.49. The number of pyridine rings is 1. The molecule has 4 aromatic rings. The van der Waals surface area contributed by atoms with E-state index in [1.54, 1.807) is 36.4 Å². The highest BCUT2D eigenvalue weighted by Gasteiger charge is 2.40. The number of anilines is 1. The van der Waals surface area contributed by atoms with Crippen molar-refractivity contribution in [2.24, 2.45) is 0 Å². The second kappa shape index (κ2) is 13.1. The van der Waals surface area contributed by atoms with Crippen molar-refractivity contribution in [3.05, 3.63) is 101 Å². The topological polar surface area (TPSA) is 150 Å². The van der Waals surface area contributed by atoms with E-state index in [4.69, 9.17) is 9.84 Å². The van der Waals surface area contributed by atoms with Crippen molar-refractivity contribution in [3.8, 4) is 5.75 Å². The van der Waals surface area contributed by atoms with E-state index in [0.717, 1.165) is 42.0 Å². The van der Waals surface area contributed by atoms with E-state index in [-0.39, 0.29) is 30.0 Å². The van der Waals surface area contributed by atoms with Crippen LogP contribution in [0.25, 0.3) is 5.65 Å². The molecule has 2 aromatic heterocycles. The van der Waals surface area contributed by atoms with Crippen LogP contribution in [0.2, 0.25) is 0 Å². The molecule has 3 atom stereocenters. The smallest absolute Gasteiger partial charge is 0.320 e. The molecular formula is C37H43N7O5. The molecule has 12 heteroatoms. The highest BCUT2D eigenvalue weighted by Crippen LogP contribution is 2.39. The predicted octanol–water partition coefficient (Wildman–Crippen LogP) is 4.60. The van der Waals surface area contributed by atoms with Crippen molar-refractivity contribution in [3.63, 3.8) is 0 Å². The number of nitrogens with one attached hydrogen (secondary N) is 3. The molecule has 256 valence electrons. The number of rotatable bonds is 9. The summed E-state index contributed by atoms with van der Waals surface area (Å²) in [5, 5.41) is 26.4. The van der Waals surface area contributed by atoms with Gasteiger partial charge in [-0.25, -0.2) is 4.79 Å². The molecule has 49 heavy (non-hydrogen) atoms. The van der Waals surface area contributed by atoms with Crippen LogP contribution < -0.4 is 20.7 Å². The Labute approximate surface area is 285 Å². The summed E-state index contributed by atoms with van der Waals surface area (Å²) in [5.74, 6) is 1.08. The lowest BCUT2D eigenvalue weighted by molar-refractivity contribution is -0.111. The molecule has 2 aliphatic rings. The van der Waals surface area contributed by atoms with Gasteiger partial charge in [0.25, 0.3) is 5.91 Å². The number of carbonyl (C=O) groups excluding carboxylic acids is 3. The zero-order valence-electron chi connectivity index (χ0n) is 28.5. The number of benzene rings is 2. The maximum absolute atomic E-state index is 13.5. The average molecular weight is 666 g/mol. The molecule has 0 unspecified atom stereocenters. The third-order valence-electron chi connectivity index (χ3n) is 9.59. The Balaban J connectivity index is 1.25. The number of urea groups is 1. The van der Waals surface area contributed by atoms with Crippen molar-refractivity contribution in [1.82, 2.24) is 30.1 Å². The summed E-state index contributed by atoms with van der Waals surface area (Å²) in [4.78, 5) is 41.4. The largest absolute Gasteiger partial charge is 0.480 e. The van der Waals surface area contributed by atoms with Crippen LogP contribution in [0.5, 0.6) is 5.75 Å². The SMILES string of the molecule is CN1CCC[C@@]1(C)c1nnc2ccc(O[C@@H]3C=C[C@](C=O)(NC(=O)Nc4cc(C(=O)NCCO)cc(C(C)(C)C)c4)c4ccccc43)cn12. The highest BCUT2D eigenvalue weighted by molar-refractivity contribution is 5.98. The number of hydrogen-bond acceptors (Lipinski definition) is 8. The zero-order chi connectivity index (χ0) is 35.0. The number of amides is 3. The number of aldehydes is 1. The van der Waals surface area contributed by atoms with E-state index < -0.39 is 17.7 Å². The first-order valence-electron chi connectivity index (χ1n) is 16.5. The summed E-state index contributed by atoms with van der Waals surface area (Å²) in [6, 6.07) is 15.6. The maximum Gasteiger partial charge on any atom is 0.320 e. The molecule has 1 aliphatic heterocycles. The first-order valence-corrected chi connectivity index (χ1v) is 16.5. The van der Waals surface area contributed by atoms with Crippen LogP contribution in [0.1, 0.15) is 79.5 Å². The number of fused-ring (bicyclic) bond motifs is 2. The van der Waals surface area contributed by atoms with E-state index in [0.29, 0.717) is 28.8 Å². The van der Waals surface area contributed by atoms with E-state index in [9.17, 15) is 14.4 Å². The lowest BCUT2D eigenvalue weighted by Gasteiger charge is -2.34. The van der Waals surface area contributed by atoms with E-state index in [1.807, 2.05) is 61.7 Å². The van der Waals surface area contributed by atoms with Crippen LogP contribution in [0.4, 0.5) is 10.5 Å². The van der Waals surface area contributed by atoms with Gasteiger partial charge in [0.1, 0.15) is 17.4 Å². The van der Waals surface area contributed by atoms with Gasteiger partial charge in [-0.15, -0.1) is 10.2 Å². The Morgan fingerprint density at radius 3 is 2.63 bits per heavy atom. The third-order valence-corrected chi connectivity index (χ3v) is 9.59. The monoisotopic (exact) mass is 665 g/mol. The number of aliphatic hydroxyl groups is 1. The Morgan fingerprint density at radius 1 is 1.12 bits per heavy atom. The van der Waals surface area contributed by atoms with Gasteiger partial charge in [0.15, 0.2) is 17.8 Å². The zero-order valence-corrected chi connectivity index (χ0v) is 28.5. The number of hydrogen-bond donors (Lipinski definition) is 4. The quantitative estimate of drug-likeness (QED) is 0.150. The van der Waals surface area contributed by atoms with E-state index >= 15 is 0 Å². The Kier molecular flexibility index (Phi) is 9.03. The number of carbonyl (C=O) groups is 3. The molecule has 2 aromatic carbocycles. The first-order chi connectivity index (χ1) is 23.4. The van der Waals surface area contributed by atoms with Crippen LogP contribution in [-0.4, -0.2) is 69.6 Å². The fraction of sp³-hybridized carbons (Fsp3) is 0.378. The molecule has 0 saturated carbocycles. The average Bonchev–Trinajstić information content (AvgIpc) is 3.66. The summed E-state index contributed by atoms with van der Waals surface area (Å²) in [7, 11) is 2.10. The highest BCUT2D eigenvalue weighted by atomic mass is 16.5.